The van der Waals surface area contributed by atoms with Crippen molar-refractivity contribution in [1.82, 2.24) is 4.90 Å². The van der Waals surface area contributed by atoms with E-state index in [4.69, 9.17) is 0 Å². The first-order valence-electron chi connectivity index (χ1n) is 6.30. The number of rotatable bonds is 2. The van der Waals surface area contributed by atoms with Gasteiger partial charge < -0.3 is 15.1 Å². The van der Waals surface area contributed by atoms with E-state index in [0.29, 0.717) is 25.7 Å². The summed E-state index contributed by atoms with van der Waals surface area (Å²) in [7, 11) is 1.68. The van der Waals surface area contributed by atoms with E-state index >= 15 is 0 Å². The summed E-state index contributed by atoms with van der Waals surface area (Å²) in [6.45, 7) is 0. The number of phenolic OH excluding ortho intramolecular Hbond substituents is 2. The van der Waals surface area contributed by atoms with Gasteiger partial charge in [-0.2, -0.15) is 0 Å². The van der Waals surface area contributed by atoms with Gasteiger partial charge in [0.1, 0.15) is 17.3 Å². The third kappa shape index (κ3) is 2.86. The Labute approximate surface area is 111 Å². The van der Waals surface area contributed by atoms with Gasteiger partial charge in [-0.25, -0.2) is 0 Å². The summed E-state index contributed by atoms with van der Waals surface area (Å²) in [5, 5.41) is 18.9. The van der Waals surface area contributed by atoms with Crippen LogP contribution in [-0.2, 0) is 4.79 Å². The highest BCUT2D eigenvalue weighted by atomic mass is 16.3. The van der Waals surface area contributed by atoms with Gasteiger partial charge in [-0.3, -0.25) is 9.59 Å². The number of hydrogen-bond acceptors (Lipinski definition) is 4. The van der Waals surface area contributed by atoms with E-state index in [0.717, 1.165) is 6.07 Å². The van der Waals surface area contributed by atoms with Crippen LogP contribution in [0, 0.1) is 0 Å². The van der Waals surface area contributed by atoms with E-state index in [1.165, 1.54) is 12.1 Å². The highest BCUT2D eigenvalue weighted by Gasteiger charge is 2.27. The van der Waals surface area contributed by atoms with Gasteiger partial charge >= 0.3 is 0 Å². The lowest BCUT2D eigenvalue weighted by Gasteiger charge is -2.30. The molecule has 5 nitrogen and oxygen atoms in total. The first kappa shape index (κ1) is 13.4. The Balaban J connectivity index is 2.12. The zero-order valence-corrected chi connectivity index (χ0v) is 10.8. The molecule has 1 fully saturated rings. The molecule has 1 aliphatic carbocycles. The number of nitrogens with zero attached hydrogens (tertiary/aromatic N) is 1. The summed E-state index contributed by atoms with van der Waals surface area (Å²) in [5.74, 6) is -0.370. The number of benzene rings is 1. The van der Waals surface area contributed by atoms with Crippen LogP contribution in [0.2, 0.25) is 0 Å². The van der Waals surface area contributed by atoms with Crippen molar-refractivity contribution < 1.29 is 19.8 Å². The van der Waals surface area contributed by atoms with Crippen LogP contribution >= 0.6 is 0 Å². The van der Waals surface area contributed by atoms with Crippen molar-refractivity contribution in [3.05, 3.63) is 23.8 Å². The van der Waals surface area contributed by atoms with Crippen LogP contribution in [0.1, 0.15) is 36.0 Å². The SMILES string of the molecule is CN(C(=O)c1ccc(O)cc1O)C1CCC(=O)CC1. The minimum absolute atomic E-state index is 0.0263. The quantitative estimate of drug-likeness (QED) is 0.851. The molecule has 0 atom stereocenters. The molecule has 2 rings (SSSR count). The molecule has 2 N–H and O–H groups in total. The van der Waals surface area contributed by atoms with Crippen molar-refractivity contribution in [1.29, 1.82) is 0 Å². The first-order valence-corrected chi connectivity index (χ1v) is 6.30. The maximum absolute atomic E-state index is 12.3. The Hall–Kier alpha value is -2.04. The monoisotopic (exact) mass is 263 g/mol. The number of Topliss-reactive ketones (excluding diaryl/α,β-unsaturated/α-hetero) is 1. The van der Waals surface area contributed by atoms with Gasteiger partial charge in [0.05, 0.1) is 5.56 Å². The molecule has 0 unspecified atom stereocenters. The molecule has 5 heteroatoms. The summed E-state index contributed by atoms with van der Waals surface area (Å²) in [5.41, 5.74) is 0.164. The molecule has 0 spiro atoms. The number of aromatic hydroxyl groups is 2. The third-order valence-corrected chi connectivity index (χ3v) is 3.59. The summed E-state index contributed by atoms with van der Waals surface area (Å²) in [4.78, 5) is 25.0. The zero-order chi connectivity index (χ0) is 14.0. The largest absolute Gasteiger partial charge is 0.508 e. The summed E-state index contributed by atoms with van der Waals surface area (Å²) < 4.78 is 0. The lowest BCUT2D eigenvalue weighted by Crippen LogP contribution is -2.39. The topological polar surface area (TPSA) is 77.8 Å². The Morgan fingerprint density at radius 2 is 1.89 bits per heavy atom. The highest BCUT2D eigenvalue weighted by molar-refractivity contribution is 5.97. The van der Waals surface area contributed by atoms with Gasteiger partial charge in [-0.15, -0.1) is 0 Å². The maximum atomic E-state index is 12.3. The smallest absolute Gasteiger partial charge is 0.257 e. The molecule has 1 aromatic rings. The standard InChI is InChI=1S/C14H17NO4/c1-15(9-2-4-10(16)5-3-9)14(19)12-7-6-11(17)8-13(12)18/h6-9,17-18H,2-5H2,1H3. The molecular formula is C14H17NO4. The predicted octanol–water partition coefficient (Wildman–Crippen LogP) is 1.68. The van der Waals surface area contributed by atoms with Crippen molar-refractivity contribution in [3.63, 3.8) is 0 Å². The minimum Gasteiger partial charge on any atom is -0.508 e. The molecule has 0 aromatic heterocycles. The third-order valence-electron chi connectivity index (χ3n) is 3.59. The Kier molecular flexibility index (Phi) is 3.74. The van der Waals surface area contributed by atoms with E-state index in [2.05, 4.69) is 0 Å². The molecule has 0 saturated heterocycles. The lowest BCUT2D eigenvalue weighted by atomic mass is 9.93. The molecule has 0 heterocycles. The van der Waals surface area contributed by atoms with E-state index in [1.807, 2.05) is 0 Å². The van der Waals surface area contributed by atoms with Gasteiger partial charge in [0.25, 0.3) is 5.91 Å². The lowest BCUT2D eigenvalue weighted by molar-refractivity contribution is -0.121. The fraction of sp³-hybridized carbons (Fsp3) is 0.429. The molecule has 1 aromatic carbocycles. The Morgan fingerprint density at radius 1 is 1.26 bits per heavy atom. The average molecular weight is 263 g/mol. The van der Waals surface area contributed by atoms with E-state index in [1.54, 1.807) is 11.9 Å². The van der Waals surface area contributed by atoms with Gasteiger partial charge in [-0.05, 0) is 25.0 Å². The molecule has 1 aliphatic rings. The van der Waals surface area contributed by atoms with Gasteiger partial charge in [0.15, 0.2) is 0 Å². The number of phenols is 2. The second kappa shape index (κ2) is 5.30. The van der Waals surface area contributed by atoms with Crippen molar-refractivity contribution >= 4 is 11.7 Å². The van der Waals surface area contributed by atoms with Crippen LogP contribution in [0.25, 0.3) is 0 Å². The number of carbonyl (C=O) groups is 2. The van der Waals surface area contributed by atoms with Crippen molar-refractivity contribution in [2.24, 2.45) is 0 Å². The molecule has 102 valence electrons. The summed E-state index contributed by atoms with van der Waals surface area (Å²) in [6, 6.07) is 3.94. The number of hydrogen-bond donors (Lipinski definition) is 2. The predicted molar refractivity (Wildman–Crippen MR) is 69.1 cm³/mol. The molecule has 0 bridgehead atoms. The molecular weight excluding hydrogens is 246 g/mol. The van der Waals surface area contributed by atoms with E-state index in [-0.39, 0.29) is 34.8 Å². The molecule has 19 heavy (non-hydrogen) atoms. The average Bonchev–Trinajstić information content (AvgIpc) is 2.38. The second-order valence-corrected chi connectivity index (χ2v) is 4.89. The van der Waals surface area contributed by atoms with Crippen LogP contribution in [0.3, 0.4) is 0 Å². The van der Waals surface area contributed by atoms with Crippen LogP contribution in [0.15, 0.2) is 18.2 Å². The van der Waals surface area contributed by atoms with Gasteiger partial charge in [0.2, 0.25) is 0 Å². The fourth-order valence-electron chi connectivity index (χ4n) is 2.37. The number of carbonyl (C=O) groups excluding carboxylic acids is 2. The van der Waals surface area contributed by atoms with Crippen LogP contribution in [-0.4, -0.2) is 39.9 Å². The Morgan fingerprint density at radius 3 is 2.47 bits per heavy atom. The van der Waals surface area contributed by atoms with Crippen molar-refractivity contribution in [2.75, 3.05) is 7.05 Å². The Bertz CT molecular complexity index is 502. The number of amides is 1. The zero-order valence-electron chi connectivity index (χ0n) is 10.8. The highest BCUT2D eigenvalue weighted by Crippen LogP contribution is 2.26. The number of ketones is 1. The second-order valence-electron chi connectivity index (χ2n) is 4.89. The van der Waals surface area contributed by atoms with Crippen LogP contribution < -0.4 is 0 Å². The van der Waals surface area contributed by atoms with Crippen LogP contribution in [0.4, 0.5) is 0 Å². The van der Waals surface area contributed by atoms with Gasteiger partial charge in [0, 0.05) is 32.0 Å². The molecule has 1 saturated carbocycles. The maximum Gasteiger partial charge on any atom is 0.257 e. The van der Waals surface area contributed by atoms with Gasteiger partial charge in [-0.1, -0.05) is 0 Å². The van der Waals surface area contributed by atoms with E-state index < -0.39 is 0 Å². The first-order chi connectivity index (χ1) is 8.99. The van der Waals surface area contributed by atoms with Crippen molar-refractivity contribution in [3.8, 4) is 11.5 Å². The summed E-state index contributed by atoms with van der Waals surface area (Å²) >= 11 is 0. The minimum atomic E-state index is -0.295. The molecule has 0 radical (unpaired) electrons. The normalized spacial score (nSPS) is 16.4. The summed E-state index contributed by atoms with van der Waals surface area (Å²) in [6.07, 6.45) is 2.34. The van der Waals surface area contributed by atoms with Crippen molar-refractivity contribution in [2.45, 2.75) is 31.7 Å². The van der Waals surface area contributed by atoms with Crippen LogP contribution in [0.5, 0.6) is 11.5 Å². The fourth-order valence-corrected chi connectivity index (χ4v) is 2.37. The molecule has 0 aliphatic heterocycles. The molecule has 1 amide bonds. The van der Waals surface area contributed by atoms with E-state index in [9.17, 15) is 19.8 Å².